The second-order valence-corrected chi connectivity index (χ2v) is 5.50. The maximum Gasteiger partial charge on any atom is 0.0404 e. The van der Waals surface area contributed by atoms with Crippen molar-refractivity contribution in [1.29, 1.82) is 0 Å². The summed E-state index contributed by atoms with van der Waals surface area (Å²) in [5, 5.41) is 3.32. The summed E-state index contributed by atoms with van der Waals surface area (Å²) in [5.41, 5.74) is 1.35. The predicted octanol–water partition coefficient (Wildman–Crippen LogP) is 2.98. The van der Waals surface area contributed by atoms with E-state index >= 15 is 0 Å². The Morgan fingerprint density at radius 2 is 2.19 bits per heavy atom. The Bertz CT molecular complexity index is 300. The number of nitrogens with one attached hydrogen (secondary N) is 1. The zero-order valence-electron chi connectivity index (χ0n) is 10.5. The molecule has 0 aliphatic carbocycles. The molecular formula is C13H22N2S. The molecule has 0 saturated carbocycles. The van der Waals surface area contributed by atoms with Crippen LogP contribution in [0.25, 0.3) is 0 Å². The molecule has 0 saturated heterocycles. The van der Waals surface area contributed by atoms with Gasteiger partial charge in [-0.25, -0.2) is 0 Å². The largest absolute Gasteiger partial charge is 0.316 e. The molecular weight excluding hydrogens is 216 g/mol. The first-order valence-corrected chi connectivity index (χ1v) is 6.98. The summed E-state index contributed by atoms with van der Waals surface area (Å²) >= 11 is 1.88. The van der Waals surface area contributed by atoms with Gasteiger partial charge in [0.25, 0.3) is 0 Å². The van der Waals surface area contributed by atoms with E-state index < -0.39 is 0 Å². The number of hydrogen-bond donors (Lipinski definition) is 1. The van der Waals surface area contributed by atoms with Crippen LogP contribution in [0.1, 0.15) is 26.3 Å². The van der Waals surface area contributed by atoms with Crippen LogP contribution in [0, 0.1) is 5.92 Å². The van der Waals surface area contributed by atoms with E-state index in [1.165, 1.54) is 10.5 Å². The number of aromatic nitrogens is 1. The van der Waals surface area contributed by atoms with E-state index in [1.807, 2.05) is 24.2 Å². The van der Waals surface area contributed by atoms with Crippen molar-refractivity contribution in [3.63, 3.8) is 0 Å². The van der Waals surface area contributed by atoms with E-state index in [0.29, 0.717) is 5.92 Å². The Balaban J connectivity index is 2.41. The van der Waals surface area contributed by atoms with Gasteiger partial charge in [0.2, 0.25) is 0 Å². The summed E-state index contributed by atoms with van der Waals surface area (Å²) in [4.78, 5) is 5.58. The lowest BCUT2D eigenvalue weighted by atomic mass is 10.1. The Morgan fingerprint density at radius 3 is 2.88 bits per heavy atom. The number of pyridine rings is 1. The first kappa shape index (κ1) is 13.5. The second kappa shape index (κ2) is 7.69. The van der Waals surface area contributed by atoms with Crippen molar-refractivity contribution in [2.75, 3.05) is 18.8 Å². The van der Waals surface area contributed by atoms with Gasteiger partial charge in [-0.1, -0.05) is 20.8 Å². The molecule has 0 spiro atoms. The van der Waals surface area contributed by atoms with Gasteiger partial charge in [-0.2, -0.15) is 0 Å². The van der Waals surface area contributed by atoms with Gasteiger partial charge in [0, 0.05) is 29.6 Å². The minimum Gasteiger partial charge on any atom is -0.316 e. The van der Waals surface area contributed by atoms with Crippen LogP contribution in [0.3, 0.4) is 0 Å². The van der Waals surface area contributed by atoms with E-state index in [-0.39, 0.29) is 0 Å². The fourth-order valence-corrected chi connectivity index (χ4v) is 2.40. The van der Waals surface area contributed by atoms with E-state index in [2.05, 4.69) is 37.1 Å². The van der Waals surface area contributed by atoms with Crippen molar-refractivity contribution in [2.24, 2.45) is 5.92 Å². The molecule has 1 heterocycles. The lowest BCUT2D eigenvalue weighted by Gasteiger charge is -2.06. The van der Waals surface area contributed by atoms with Crippen LogP contribution in [0.15, 0.2) is 23.4 Å². The molecule has 0 aliphatic rings. The Labute approximate surface area is 103 Å². The second-order valence-electron chi connectivity index (χ2n) is 4.33. The Morgan fingerprint density at radius 1 is 1.38 bits per heavy atom. The van der Waals surface area contributed by atoms with Gasteiger partial charge >= 0.3 is 0 Å². The first-order chi connectivity index (χ1) is 7.72. The fourth-order valence-electron chi connectivity index (χ4n) is 1.54. The lowest BCUT2D eigenvalue weighted by Crippen LogP contribution is -2.15. The van der Waals surface area contributed by atoms with Crippen LogP contribution in [0.5, 0.6) is 0 Å². The maximum atomic E-state index is 4.30. The van der Waals surface area contributed by atoms with Crippen molar-refractivity contribution in [2.45, 2.75) is 32.1 Å². The van der Waals surface area contributed by atoms with Gasteiger partial charge < -0.3 is 5.32 Å². The fraction of sp³-hybridized carbons (Fsp3) is 0.615. The molecule has 3 heteroatoms. The number of rotatable bonds is 7. The van der Waals surface area contributed by atoms with Crippen molar-refractivity contribution in [3.05, 3.63) is 24.0 Å². The van der Waals surface area contributed by atoms with E-state index in [4.69, 9.17) is 0 Å². The van der Waals surface area contributed by atoms with Gasteiger partial charge in [-0.05, 0) is 30.5 Å². The molecule has 0 aliphatic heterocycles. The third kappa shape index (κ3) is 5.52. The molecule has 0 fully saturated rings. The molecule has 0 bridgehead atoms. The number of nitrogens with zero attached hydrogens (tertiary/aromatic N) is 1. The zero-order valence-corrected chi connectivity index (χ0v) is 11.3. The minimum atomic E-state index is 0.698. The Kier molecular flexibility index (Phi) is 6.50. The molecule has 16 heavy (non-hydrogen) atoms. The molecule has 0 amide bonds. The van der Waals surface area contributed by atoms with E-state index in [1.54, 1.807) is 0 Å². The minimum absolute atomic E-state index is 0.698. The summed E-state index contributed by atoms with van der Waals surface area (Å²) in [7, 11) is 0. The third-order valence-electron chi connectivity index (χ3n) is 2.21. The Hall–Kier alpha value is -0.540. The molecule has 0 unspecified atom stereocenters. The van der Waals surface area contributed by atoms with Crippen LogP contribution < -0.4 is 5.32 Å². The highest BCUT2D eigenvalue weighted by atomic mass is 32.2. The van der Waals surface area contributed by atoms with E-state index in [0.717, 1.165) is 25.3 Å². The summed E-state index contributed by atoms with van der Waals surface area (Å²) < 4.78 is 0. The average Bonchev–Trinajstić information content (AvgIpc) is 2.24. The molecule has 90 valence electrons. The molecule has 1 aromatic rings. The average molecular weight is 238 g/mol. The van der Waals surface area contributed by atoms with Crippen LogP contribution in [0.2, 0.25) is 0 Å². The molecule has 1 rings (SSSR count). The monoisotopic (exact) mass is 238 g/mol. The zero-order chi connectivity index (χ0) is 11.8. The predicted molar refractivity (Wildman–Crippen MR) is 72.0 cm³/mol. The topological polar surface area (TPSA) is 24.9 Å². The van der Waals surface area contributed by atoms with Gasteiger partial charge in [0.1, 0.15) is 0 Å². The molecule has 0 atom stereocenters. The van der Waals surface area contributed by atoms with Crippen LogP contribution in [-0.2, 0) is 6.42 Å². The van der Waals surface area contributed by atoms with Crippen LogP contribution in [0.4, 0.5) is 0 Å². The SMILES string of the molecule is CCNCCSc1cncc(CC(C)C)c1. The smallest absolute Gasteiger partial charge is 0.0404 e. The highest BCUT2D eigenvalue weighted by molar-refractivity contribution is 7.99. The van der Waals surface area contributed by atoms with Crippen LogP contribution in [-0.4, -0.2) is 23.8 Å². The van der Waals surface area contributed by atoms with Gasteiger partial charge in [-0.3, -0.25) is 4.98 Å². The van der Waals surface area contributed by atoms with Gasteiger partial charge in [-0.15, -0.1) is 11.8 Å². The molecule has 0 aromatic carbocycles. The number of hydrogen-bond acceptors (Lipinski definition) is 3. The summed E-state index contributed by atoms with van der Waals surface area (Å²) in [6.07, 6.45) is 5.06. The maximum absolute atomic E-state index is 4.30. The molecule has 1 N–H and O–H groups in total. The van der Waals surface area contributed by atoms with Crippen LogP contribution >= 0.6 is 11.8 Å². The summed E-state index contributed by atoms with van der Waals surface area (Å²) in [5.74, 6) is 1.81. The van der Waals surface area contributed by atoms with Crippen molar-refractivity contribution in [3.8, 4) is 0 Å². The quantitative estimate of drug-likeness (QED) is 0.584. The normalized spacial score (nSPS) is 11.0. The highest BCUT2D eigenvalue weighted by Crippen LogP contribution is 2.18. The lowest BCUT2D eigenvalue weighted by molar-refractivity contribution is 0.644. The third-order valence-corrected chi connectivity index (χ3v) is 3.18. The van der Waals surface area contributed by atoms with Crippen molar-refractivity contribution >= 4 is 11.8 Å². The molecule has 2 nitrogen and oxygen atoms in total. The highest BCUT2D eigenvalue weighted by Gasteiger charge is 2.00. The number of thioether (sulfide) groups is 1. The first-order valence-electron chi connectivity index (χ1n) is 5.99. The van der Waals surface area contributed by atoms with Gasteiger partial charge in [0.15, 0.2) is 0 Å². The van der Waals surface area contributed by atoms with Crippen molar-refractivity contribution < 1.29 is 0 Å². The molecule has 0 radical (unpaired) electrons. The standard InChI is InChI=1S/C13H22N2S/c1-4-14-5-6-16-13-8-12(7-11(2)3)9-15-10-13/h8-11,14H,4-7H2,1-3H3. The summed E-state index contributed by atoms with van der Waals surface area (Å²) in [6, 6.07) is 2.27. The summed E-state index contributed by atoms with van der Waals surface area (Å²) in [6.45, 7) is 8.73. The molecule has 1 aromatic heterocycles. The van der Waals surface area contributed by atoms with Gasteiger partial charge in [0.05, 0.1) is 0 Å². The van der Waals surface area contributed by atoms with E-state index in [9.17, 15) is 0 Å². The van der Waals surface area contributed by atoms with Crippen molar-refractivity contribution in [1.82, 2.24) is 10.3 Å².